The smallest absolute Gasteiger partial charge is 0.243 e. The fourth-order valence-electron chi connectivity index (χ4n) is 3.96. The van der Waals surface area contributed by atoms with Crippen LogP contribution in [0.1, 0.15) is 56.7 Å². The van der Waals surface area contributed by atoms with Crippen LogP contribution in [-0.2, 0) is 14.8 Å². The molecule has 0 spiro atoms. The second-order valence-corrected chi connectivity index (χ2v) is 11.0. The molecule has 7 heteroatoms. The summed E-state index contributed by atoms with van der Waals surface area (Å²) in [5, 5.41) is 0.664. The maximum absolute atomic E-state index is 13.0. The lowest BCUT2D eigenvalue weighted by molar-refractivity contribution is -0.137. The molecule has 0 bridgehead atoms. The molecule has 1 heterocycles. The number of carbonyl (C=O) groups excluding carboxylic acids is 1. The molecule has 2 aromatic rings. The van der Waals surface area contributed by atoms with Crippen molar-refractivity contribution in [1.82, 2.24) is 9.21 Å². The van der Waals surface area contributed by atoms with Crippen LogP contribution in [0, 0.1) is 5.92 Å². The summed E-state index contributed by atoms with van der Waals surface area (Å²) in [5.74, 6) is 0.237. The highest BCUT2D eigenvalue weighted by molar-refractivity contribution is 7.89. The standard InChI is InChI=1S/C24H31ClN2O3S/c1-17(2)19-7-11-23(12-8-19)31(29,30)27-15-13-21(14-16-27)24(28)26(4)18(3)20-5-9-22(25)10-6-20/h5-12,17-18,21H,13-16H2,1-4H3. The van der Waals surface area contributed by atoms with Crippen LogP contribution in [0.5, 0.6) is 0 Å². The van der Waals surface area contributed by atoms with Crippen LogP contribution in [0.3, 0.4) is 0 Å². The summed E-state index contributed by atoms with van der Waals surface area (Å²) in [7, 11) is -1.73. The lowest BCUT2D eigenvalue weighted by Gasteiger charge is -2.34. The number of nitrogens with zero attached hydrogens (tertiary/aromatic N) is 2. The van der Waals surface area contributed by atoms with E-state index in [1.165, 1.54) is 4.31 Å². The van der Waals surface area contributed by atoms with Crippen LogP contribution < -0.4 is 0 Å². The normalized spacial score (nSPS) is 17.0. The van der Waals surface area contributed by atoms with Gasteiger partial charge in [0.1, 0.15) is 0 Å². The van der Waals surface area contributed by atoms with Crippen molar-refractivity contribution in [2.75, 3.05) is 20.1 Å². The van der Waals surface area contributed by atoms with E-state index in [-0.39, 0.29) is 17.9 Å². The van der Waals surface area contributed by atoms with Crippen molar-refractivity contribution >= 4 is 27.5 Å². The Balaban J connectivity index is 1.62. The van der Waals surface area contributed by atoms with Crippen LogP contribution in [0.4, 0.5) is 0 Å². The van der Waals surface area contributed by atoms with Crippen LogP contribution in [-0.4, -0.2) is 43.7 Å². The molecule has 1 atom stereocenters. The van der Waals surface area contributed by atoms with Gasteiger partial charge in [-0.05, 0) is 61.1 Å². The average Bonchev–Trinajstić information content (AvgIpc) is 2.78. The van der Waals surface area contributed by atoms with Gasteiger partial charge < -0.3 is 4.90 Å². The van der Waals surface area contributed by atoms with Crippen molar-refractivity contribution in [2.45, 2.75) is 50.5 Å². The summed E-state index contributed by atoms with van der Waals surface area (Å²) in [4.78, 5) is 15.1. The van der Waals surface area contributed by atoms with Gasteiger partial charge in [-0.2, -0.15) is 4.31 Å². The third kappa shape index (κ3) is 5.30. The lowest BCUT2D eigenvalue weighted by atomic mass is 9.95. The van der Waals surface area contributed by atoms with E-state index in [2.05, 4.69) is 13.8 Å². The monoisotopic (exact) mass is 462 g/mol. The lowest BCUT2D eigenvalue weighted by Crippen LogP contribution is -2.43. The van der Waals surface area contributed by atoms with Gasteiger partial charge in [-0.1, -0.05) is 49.7 Å². The predicted molar refractivity (Wildman–Crippen MR) is 125 cm³/mol. The first-order chi connectivity index (χ1) is 14.6. The Morgan fingerprint density at radius 2 is 1.48 bits per heavy atom. The van der Waals surface area contributed by atoms with E-state index in [1.54, 1.807) is 24.1 Å². The summed E-state index contributed by atoms with van der Waals surface area (Å²) in [6.07, 6.45) is 1.06. The van der Waals surface area contributed by atoms with Gasteiger partial charge in [-0.15, -0.1) is 0 Å². The van der Waals surface area contributed by atoms with E-state index in [9.17, 15) is 13.2 Å². The molecular formula is C24H31ClN2O3S. The Bertz CT molecular complexity index is 996. The first kappa shape index (κ1) is 23.8. The minimum absolute atomic E-state index is 0.0563. The Labute approximate surface area is 191 Å². The second-order valence-electron chi connectivity index (χ2n) is 8.58. The number of hydrogen-bond acceptors (Lipinski definition) is 3. The summed E-state index contributed by atoms with van der Waals surface area (Å²) in [6, 6.07) is 14.5. The highest BCUT2D eigenvalue weighted by Gasteiger charge is 2.34. The minimum atomic E-state index is -3.54. The fourth-order valence-corrected chi connectivity index (χ4v) is 5.56. The van der Waals surface area contributed by atoms with Gasteiger partial charge in [0.15, 0.2) is 0 Å². The Morgan fingerprint density at radius 1 is 0.968 bits per heavy atom. The summed E-state index contributed by atoms with van der Waals surface area (Å²) < 4.78 is 27.5. The van der Waals surface area contributed by atoms with E-state index in [0.29, 0.717) is 41.8 Å². The zero-order valence-electron chi connectivity index (χ0n) is 18.6. The molecule has 0 aliphatic carbocycles. The molecule has 1 fully saturated rings. The Kier molecular flexibility index (Phi) is 7.45. The van der Waals surface area contributed by atoms with Crippen LogP contribution in [0.25, 0.3) is 0 Å². The van der Waals surface area contributed by atoms with Gasteiger partial charge >= 0.3 is 0 Å². The average molecular weight is 463 g/mol. The number of benzene rings is 2. The zero-order chi connectivity index (χ0) is 22.8. The van der Waals surface area contributed by atoms with Gasteiger partial charge in [0.25, 0.3) is 0 Å². The van der Waals surface area contributed by atoms with E-state index in [4.69, 9.17) is 11.6 Å². The number of hydrogen-bond donors (Lipinski definition) is 0. The minimum Gasteiger partial charge on any atom is -0.339 e. The number of sulfonamides is 1. The largest absolute Gasteiger partial charge is 0.339 e. The number of carbonyl (C=O) groups is 1. The molecule has 1 amide bonds. The highest BCUT2D eigenvalue weighted by atomic mass is 35.5. The van der Waals surface area contributed by atoms with Crippen LogP contribution in [0.2, 0.25) is 5.02 Å². The molecule has 0 saturated carbocycles. The van der Waals surface area contributed by atoms with Crippen molar-refractivity contribution in [2.24, 2.45) is 5.92 Å². The van der Waals surface area contributed by atoms with Gasteiger partial charge in [0.2, 0.25) is 15.9 Å². The number of halogens is 1. The molecule has 0 N–H and O–H groups in total. The first-order valence-electron chi connectivity index (χ1n) is 10.7. The van der Waals surface area contributed by atoms with Crippen molar-refractivity contribution in [1.29, 1.82) is 0 Å². The SMILES string of the molecule is CC(C)c1ccc(S(=O)(=O)N2CCC(C(=O)N(C)C(C)c3ccc(Cl)cc3)CC2)cc1. The maximum atomic E-state index is 13.0. The van der Waals surface area contributed by atoms with Crippen LogP contribution >= 0.6 is 11.6 Å². The molecular weight excluding hydrogens is 432 g/mol. The topological polar surface area (TPSA) is 57.7 Å². The zero-order valence-corrected chi connectivity index (χ0v) is 20.2. The van der Waals surface area contributed by atoms with E-state index in [1.807, 2.05) is 43.3 Å². The molecule has 1 saturated heterocycles. The third-order valence-corrected chi connectivity index (χ3v) is 8.43. The summed E-state index contributed by atoms with van der Waals surface area (Å²) >= 11 is 5.96. The molecule has 5 nitrogen and oxygen atoms in total. The van der Waals surface area contributed by atoms with Crippen molar-refractivity contribution in [3.63, 3.8) is 0 Å². The van der Waals surface area contributed by atoms with Gasteiger partial charge in [0, 0.05) is 31.1 Å². The quantitative estimate of drug-likeness (QED) is 0.601. The molecule has 168 valence electrons. The summed E-state index contributed by atoms with van der Waals surface area (Å²) in [6.45, 7) is 6.86. The van der Waals surface area contributed by atoms with Crippen molar-refractivity contribution < 1.29 is 13.2 Å². The molecule has 0 aromatic heterocycles. The Morgan fingerprint density at radius 3 is 2.00 bits per heavy atom. The molecule has 1 aliphatic rings. The fraction of sp³-hybridized carbons (Fsp3) is 0.458. The molecule has 31 heavy (non-hydrogen) atoms. The van der Waals surface area contributed by atoms with E-state index >= 15 is 0 Å². The molecule has 2 aromatic carbocycles. The predicted octanol–water partition coefficient (Wildman–Crippen LogP) is 5.08. The maximum Gasteiger partial charge on any atom is 0.243 e. The molecule has 1 aliphatic heterocycles. The van der Waals surface area contributed by atoms with Gasteiger partial charge in [-0.3, -0.25) is 4.79 Å². The number of amides is 1. The third-order valence-electron chi connectivity index (χ3n) is 6.27. The van der Waals surface area contributed by atoms with Gasteiger partial charge in [0.05, 0.1) is 10.9 Å². The molecule has 3 rings (SSSR count). The molecule has 1 unspecified atom stereocenters. The summed E-state index contributed by atoms with van der Waals surface area (Å²) in [5.41, 5.74) is 2.13. The highest BCUT2D eigenvalue weighted by Crippen LogP contribution is 2.28. The molecule has 0 radical (unpaired) electrons. The number of piperidine rings is 1. The van der Waals surface area contributed by atoms with Crippen LogP contribution in [0.15, 0.2) is 53.4 Å². The second kappa shape index (κ2) is 9.72. The first-order valence-corrected chi connectivity index (χ1v) is 12.5. The van der Waals surface area contributed by atoms with Crippen molar-refractivity contribution in [3.8, 4) is 0 Å². The Hall–Kier alpha value is -1.89. The number of rotatable bonds is 6. The van der Waals surface area contributed by atoms with Crippen molar-refractivity contribution in [3.05, 3.63) is 64.7 Å². The van der Waals surface area contributed by atoms with E-state index in [0.717, 1.165) is 11.1 Å². The van der Waals surface area contributed by atoms with E-state index < -0.39 is 10.0 Å². The van der Waals surface area contributed by atoms with Gasteiger partial charge in [-0.25, -0.2) is 8.42 Å².